The van der Waals surface area contributed by atoms with E-state index in [2.05, 4.69) is 69.9 Å². The molecule has 0 aromatic heterocycles. The average molecular weight is 395 g/mol. The monoisotopic (exact) mass is 394 g/mol. The maximum absolute atomic E-state index is 14.6. The lowest BCUT2D eigenvalue weighted by Crippen LogP contribution is -2.41. The fourth-order valence-corrected chi connectivity index (χ4v) is 12.6. The second-order valence-corrected chi connectivity index (χ2v) is 16.5. The smallest absolute Gasteiger partial charge is 0.254 e. The molecule has 2 atom stereocenters. The molecule has 3 aliphatic heterocycles. The average Bonchev–Trinajstić information content (AvgIpc) is 2.63. The molecule has 3 heterocycles. The van der Waals surface area contributed by atoms with Gasteiger partial charge in [0, 0.05) is 15.7 Å². The Balaban J connectivity index is 2.10. The summed E-state index contributed by atoms with van der Waals surface area (Å²) in [5.74, 6) is 0. The predicted octanol–water partition coefficient (Wildman–Crippen LogP) is 7.03. The predicted molar refractivity (Wildman–Crippen MR) is 117 cm³/mol. The summed E-state index contributed by atoms with van der Waals surface area (Å²) >= 11 is 0. The van der Waals surface area contributed by atoms with Crippen molar-refractivity contribution < 1.29 is 9.09 Å². The summed E-state index contributed by atoms with van der Waals surface area (Å²) < 4.78 is 20.9. The normalized spacial score (nSPS) is 28.0. The van der Waals surface area contributed by atoms with Gasteiger partial charge in [0.25, 0.3) is 7.37 Å². The number of rotatable bonds is 3. The number of hydrogen-bond acceptors (Lipinski definition) is 2. The Morgan fingerprint density at radius 1 is 0.926 bits per heavy atom. The van der Waals surface area contributed by atoms with Crippen LogP contribution in [0.15, 0.2) is 71.2 Å². The molecule has 0 saturated heterocycles. The highest BCUT2D eigenvalue weighted by Crippen LogP contribution is 2.79. The van der Waals surface area contributed by atoms with Gasteiger partial charge in [-0.05, 0) is 36.1 Å². The first-order valence-electron chi connectivity index (χ1n) is 9.53. The van der Waals surface area contributed by atoms with Crippen molar-refractivity contribution in [2.24, 2.45) is 5.41 Å². The van der Waals surface area contributed by atoms with Crippen LogP contribution in [0, 0.1) is 5.41 Å². The zero-order chi connectivity index (χ0) is 19.4. The van der Waals surface area contributed by atoms with E-state index >= 15 is 0 Å². The van der Waals surface area contributed by atoms with Crippen molar-refractivity contribution in [3.63, 3.8) is 0 Å². The number of fused-ring (bicyclic) bond motifs is 1. The van der Waals surface area contributed by atoms with Gasteiger partial charge in [-0.15, -0.1) is 0 Å². The van der Waals surface area contributed by atoms with Gasteiger partial charge in [0.05, 0.1) is 14.7 Å². The quantitative estimate of drug-likeness (QED) is 0.412. The van der Waals surface area contributed by atoms with Crippen LogP contribution in [0.1, 0.15) is 25.0 Å². The first kappa shape index (κ1) is 18.7. The molecule has 3 aliphatic rings. The summed E-state index contributed by atoms with van der Waals surface area (Å²) in [7, 11) is -5.01. The van der Waals surface area contributed by atoms with Crippen molar-refractivity contribution in [3.05, 3.63) is 82.3 Å². The molecule has 0 N–H and O–H groups in total. The van der Waals surface area contributed by atoms with Crippen molar-refractivity contribution in [2.75, 3.05) is 6.61 Å². The van der Waals surface area contributed by atoms with E-state index in [1.807, 2.05) is 24.3 Å². The Labute approximate surface area is 163 Å². The Bertz CT molecular complexity index is 1000. The molecule has 2 nitrogen and oxygen atoms in total. The molecule has 0 fully saturated rings. The SMILES string of the molecule is CC1=C(c2ccccc2)P2(=O)OCC1(C)C(c1ccccc1)=C2[Si](C)(C)C. The van der Waals surface area contributed by atoms with Crippen molar-refractivity contribution in [3.8, 4) is 0 Å². The lowest BCUT2D eigenvalue weighted by molar-refractivity contribution is 0.234. The zero-order valence-corrected chi connectivity index (χ0v) is 18.6. The molecule has 5 rings (SSSR count). The van der Waals surface area contributed by atoms with Gasteiger partial charge in [-0.3, -0.25) is 4.57 Å². The fourth-order valence-electron chi connectivity index (χ4n) is 4.58. The van der Waals surface area contributed by atoms with Gasteiger partial charge >= 0.3 is 0 Å². The van der Waals surface area contributed by atoms with Gasteiger partial charge in [-0.2, -0.15) is 0 Å². The molecule has 2 bridgehead atoms. The summed E-state index contributed by atoms with van der Waals surface area (Å²) in [6, 6.07) is 20.7. The molecule has 2 aromatic rings. The molecule has 0 aliphatic carbocycles. The Kier molecular flexibility index (Phi) is 4.27. The highest BCUT2D eigenvalue weighted by atomic mass is 31.2. The summed E-state index contributed by atoms with van der Waals surface area (Å²) in [5.41, 5.74) is 4.42. The van der Waals surface area contributed by atoms with Crippen LogP contribution in [-0.4, -0.2) is 14.7 Å². The topological polar surface area (TPSA) is 26.3 Å². The van der Waals surface area contributed by atoms with Gasteiger partial charge in [0.2, 0.25) is 0 Å². The number of hydrogen-bond donors (Lipinski definition) is 0. The van der Waals surface area contributed by atoms with E-state index in [0.29, 0.717) is 6.61 Å². The Hall–Kier alpha value is -1.67. The van der Waals surface area contributed by atoms with Crippen LogP contribution in [0.25, 0.3) is 10.9 Å². The Morgan fingerprint density at radius 3 is 1.96 bits per heavy atom. The van der Waals surface area contributed by atoms with Crippen LogP contribution in [0.3, 0.4) is 0 Å². The third-order valence-corrected chi connectivity index (χ3v) is 13.0. The van der Waals surface area contributed by atoms with Gasteiger partial charge < -0.3 is 4.52 Å². The second kappa shape index (κ2) is 6.17. The molecule has 140 valence electrons. The molecular formula is C23H27O2PSi. The first-order chi connectivity index (χ1) is 12.7. The van der Waals surface area contributed by atoms with Gasteiger partial charge in [0.1, 0.15) is 0 Å². The molecule has 27 heavy (non-hydrogen) atoms. The fraction of sp³-hybridized carbons (Fsp3) is 0.304. The minimum absolute atomic E-state index is 0.256. The summed E-state index contributed by atoms with van der Waals surface area (Å²) in [5, 5.41) is 0.939. The van der Waals surface area contributed by atoms with Gasteiger partial charge in [0.15, 0.2) is 0 Å². The van der Waals surface area contributed by atoms with Crippen LogP contribution < -0.4 is 0 Å². The molecule has 0 amide bonds. The zero-order valence-electron chi connectivity index (χ0n) is 16.7. The van der Waals surface area contributed by atoms with E-state index in [-0.39, 0.29) is 5.41 Å². The van der Waals surface area contributed by atoms with E-state index in [1.165, 1.54) is 16.7 Å². The highest BCUT2D eigenvalue weighted by Gasteiger charge is 2.57. The summed E-state index contributed by atoms with van der Waals surface area (Å²) in [4.78, 5) is 1.11. The van der Waals surface area contributed by atoms with Crippen LogP contribution in [0.2, 0.25) is 19.6 Å². The molecule has 4 heteroatoms. The lowest BCUT2D eigenvalue weighted by atomic mass is 9.73. The van der Waals surface area contributed by atoms with E-state index in [9.17, 15) is 4.57 Å². The van der Waals surface area contributed by atoms with Crippen molar-refractivity contribution in [1.82, 2.24) is 0 Å². The maximum atomic E-state index is 14.6. The summed E-state index contributed by atoms with van der Waals surface area (Å²) in [6.45, 7) is 11.8. The first-order valence-corrected chi connectivity index (χ1v) is 14.7. The third kappa shape index (κ3) is 2.68. The van der Waals surface area contributed by atoms with E-state index in [0.717, 1.165) is 15.8 Å². The standard InChI is InChI=1S/C23H27O2PSi/c1-17-21(19-14-10-7-11-15-19)26(24)22(27(3,4)5)20(23(17,2)16-25-26)18-12-8-6-9-13-18/h6-15H,16H2,1-5H3. The molecule has 0 radical (unpaired) electrons. The molecule has 2 unspecified atom stereocenters. The van der Waals surface area contributed by atoms with Crippen LogP contribution in [-0.2, 0) is 9.09 Å². The van der Waals surface area contributed by atoms with Crippen LogP contribution in [0.5, 0.6) is 0 Å². The lowest BCUT2D eigenvalue weighted by Gasteiger charge is -2.51. The third-order valence-electron chi connectivity index (χ3n) is 5.92. The van der Waals surface area contributed by atoms with Crippen LogP contribution in [0.4, 0.5) is 0 Å². The number of benzene rings is 2. The molecular weight excluding hydrogens is 367 g/mol. The maximum Gasteiger partial charge on any atom is 0.254 e. The minimum Gasteiger partial charge on any atom is -0.321 e. The molecule has 0 spiro atoms. The largest absolute Gasteiger partial charge is 0.321 e. The van der Waals surface area contributed by atoms with Crippen LogP contribution >= 0.6 is 7.37 Å². The van der Waals surface area contributed by atoms with E-state index in [4.69, 9.17) is 4.52 Å². The minimum atomic E-state index is -3.09. The van der Waals surface area contributed by atoms with Crippen molar-refractivity contribution in [2.45, 2.75) is 33.5 Å². The van der Waals surface area contributed by atoms with E-state index in [1.54, 1.807) is 0 Å². The second-order valence-electron chi connectivity index (χ2n) is 8.84. The summed E-state index contributed by atoms with van der Waals surface area (Å²) in [6.07, 6.45) is 0. The molecule has 2 aromatic carbocycles. The molecule has 0 saturated carbocycles. The Morgan fingerprint density at radius 2 is 1.44 bits per heavy atom. The van der Waals surface area contributed by atoms with E-state index < -0.39 is 15.4 Å². The van der Waals surface area contributed by atoms with Crippen molar-refractivity contribution in [1.29, 1.82) is 0 Å². The van der Waals surface area contributed by atoms with Gasteiger partial charge in [-0.25, -0.2) is 0 Å². The van der Waals surface area contributed by atoms with Gasteiger partial charge in [-0.1, -0.05) is 80.3 Å². The van der Waals surface area contributed by atoms with Crippen molar-refractivity contribution >= 4 is 26.3 Å². The highest BCUT2D eigenvalue weighted by molar-refractivity contribution is 7.77.